The summed E-state index contributed by atoms with van der Waals surface area (Å²) in [5.41, 5.74) is 0. The Hall–Kier alpha value is -2.05. The fraction of sp³-hybridized carbons (Fsp3) is 0.500. The fourth-order valence-electron chi connectivity index (χ4n) is 2.77. The molecule has 25 heavy (non-hydrogen) atoms. The zero-order chi connectivity index (χ0) is 18.6. The van der Waals surface area contributed by atoms with Crippen LogP contribution in [0.25, 0.3) is 0 Å². The topological polar surface area (TPSA) is 81.5 Å². The first-order chi connectivity index (χ1) is 11.8. The highest BCUT2D eigenvalue weighted by Crippen LogP contribution is 2.25. The number of hydrogen-bond acceptors (Lipinski definition) is 4. The molecule has 2 rings (SSSR count). The Morgan fingerprint density at radius 2 is 1.96 bits per heavy atom. The van der Waals surface area contributed by atoms with E-state index in [0.29, 0.717) is 25.5 Å². The number of nitrogens with zero attached hydrogens (tertiary/aromatic N) is 3. The van der Waals surface area contributed by atoms with Crippen LogP contribution >= 0.6 is 0 Å². The molecule has 0 atom stereocenters. The summed E-state index contributed by atoms with van der Waals surface area (Å²) >= 11 is 0. The second-order valence-corrected chi connectivity index (χ2v) is 7.86. The van der Waals surface area contributed by atoms with Crippen LogP contribution in [0.2, 0.25) is 0 Å². The first-order valence-electron chi connectivity index (χ1n) is 7.84. The van der Waals surface area contributed by atoms with Gasteiger partial charge in [-0.3, -0.25) is 4.79 Å². The van der Waals surface area contributed by atoms with Crippen LogP contribution in [0.5, 0.6) is 0 Å². The van der Waals surface area contributed by atoms with Crippen molar-refractivity contribution in [1.29, 1.82) is 5.26 Å². The molecule has 6 nitrogen and oxygen atoms in total. The average molecular weight is 371 g/mol. The van der Waals surface area contributed by atoms with Crippen molar-refractivity contribution in [3.05, 3.63) is 29.8 Å². The molecule has 0 N–H and O–H groups in total. The molecule has 1 fully saturated rings. The lowest BCUT2D eigenvalue weighted by Crippen LogP contribution is -2.43. The molecule has 0 aliphatic carbocycles. The Kier molecular flexibility index (Phi) is 6.08. The highest BCUT2D eigenvalue weighted by atomic mass is 32.2. The van der Waals surface area contributed by atoms with E-state index in [2.05, 4.69) is 0 Å². The lowest BCUT2D eigenvalue weighted by molar-refractivity contribution is -0.135. The smallest absolute Gasteiger partial charge is 0.243 e. The van der Waals surface area contributed by atoms with Crippen LogP contribution in [0.3, 0.4) is 0 Å². The minimum Gasteiger partial charge on any atom is -0.344 e. The maximum Gasteiger partial charge on any atom is 0.243 e. The van der Waals surface area contributed by atoms with Crippen LogP contribution in [0.1, 0.15) is 19.3 Å². The summed E-state index contributed by atoms with van der Waals surface area (Å²) in [4.78, 5) is 13.4. The zero-order valence-corrected chi connectivity index (χ0v) is 14.6. The number of hydrogen-bond donors (Lipinski definition) is 0. The van der Waals surface area contributed by atoms with E-state index in [0.717, 1.165) is 12.1 Å². The third kappa shape index (κ3) is 4.32. The molecule has 1 aliphatic rings. The van der Waals surface area contributed by atoms with Gasteiger partial charge in [0.05, 0.1) is 17.4 Å². The SMILES string of the molecule is CN(CCC#N)C(=O)C1CCN(S(=O)(=O)c2ccc(F)c(F)c2)CC1. The van der Waals surface area contributed by atoms with E-state index in [-0.39, 0.29) is 36.2 Å². The monoisotopic (exact) mass is 371 g/mol. The molecule has 0 bridgehead atoms. The molecule has 0 aromatic heterocycles. The van der Waals surface area contributed by atoms with Gasteiger partial charge in [0.1, 0.15) is 0 Å². The molecule has 1 aliphatic heterocycles. The molecule has 9 heteroatoms. The second-order valence-electron chi connectivity index (χ2n) is 5.92. The van der Waals surface area contributed by atoms with Gasteiger partial charge in [-0.1, -0.05) is 0 Å². The van der Waals surface area contributed by atoms with Crippen LogP contribution in [0.15, 0.2) is 23.1 Å². The van der Waals surface area contributed by atoms with Crippen LogP contribution in [-0.4, -0.2) is 50.2 Å². The number of sulfonamides is 1. The minimum atomic E-state index is -3.93. The summed E-state index contributed by atoms with van der Waals surface area (Å²) in [5.74, 6) is -2.74. The van der Waals surface area contributed by atoms with Crippen molar-refractivity contribution in [3.63, 3.8) is 0 Å². The van der Waals surface area contributed by atoms with E-state index in [4.69, 9.17) is 5.26 Å². The summed E-state index contributed by atoms with van der Waals surface area (Å²) in [6.45, 7) is 0.594. The lowest BCUT2D eigenvalue weighted by Gasteiger charge is -2.32. The molecule has 1 amide bonds. The first kappa shape index (κ1) is 19.3. The van der Waals surface area contributed by atoms with Crippen molar-refractivity contribution in [2.45, 2.75) is 24.2 Å². The van der Waals surface area contributed by atoms with E-state index in [1.165, 1.54) is 9.21 Å². The number of halogens is 2. The van der Waals surface area contributed by atoms with E-state index in [1.54, 1.807) is 7.05 Å². The summed E-state index contributed by atoms with van der Waals surface area (Å²) in [6, 6.07) is 4.44. The van der Waals surface area contributed by atoms with Gasteiger partial charge in [0.2, 0.25) is 15.9 Å². The molecule has 0 spiro atoms. The Balaban J connectivity index is 2.02. The Morgan fingerprint density at radius 3 is 2.52 bits per heavy atom. The molecular weight excluding hydrogens is 352 g/mol. The number of amides is 1. The molecule has 1 aromatic carbocycles. The van der Waals surface area contributed by atoms with Crippen molar-refractivity contribution in [2.75, 3.05) is 26.7 Å². The maximum absolute atomic E-state index is 13.3. The quantitative estimate of drug-likeness (QED) is 0.789. The molecule has 1 saturated heterocycles. The number of rotatable bonds is 5. The van der Waals surface area contributed by atoms with Crippen molar-refractivity contribution in [2.24, 2.45) is 5.92 Å². The van der Waals surface area contributed by atoms with Gasteiger partial charge in [-0.2, -0.15) is 9.57 Å². The van der Waals surface area contributed by atoms with E-state index in [1.807, 2.05) is 6.07 Å². The average Bonchev–Trinajstić information content (AvgIpc) is 2.61. The standard InChI is InChI=1S/C16H19F2N3O3S/c1-20(8-2-7-19)16(22)12-5-9-21(10-6-12)25(23,24)13-3-4-14(17)15(18)11-13/h3-4,11-12H,2,5-6,8-10H2,1H3. The molecule has 136 valence electrons. The zero-order valence-electron chi connectivity index (χ0n) is 13.8. The van der Waals surface area contributed by atoms with Crippen LogP contribution < -0.4 is 0 Å². The van der Waals surface area contributed by atoms with E-state index < -0.39 is 21.7 Å². The maximum atomic E-state index is 13.3. The van der Waals surface area contributed by atoms with Gasteiger partial charge in [0, 0.05) is 32.6 Å². The van der Waals surface area contributed by atoms with E-state index in [9.17, 15) is 22.0 Å². The lowest BCUT2D eigenvalue weighted by atomic mass is 9.96. The van der Waals surface area contributed by atoms with Gasteiger partial charge in [0.25, 0.3) is 0 Å². The van der Waals surface area contributed by atoms with Gasteiger partial charge in [-0.15, -0.1) is 0 Å². The largest absolute Gasteiger partial charge is 0.344 e. The fourth-order valence-corrected chi connectivity index (χ4v) is 4.25. The normalized spacial score (nSPS) is 16.4. The van der Waals surface area contributed by atoms with E-state index >= 15 is 0 Å². The predicted octanol–water partition coefficient (Wildman–Crippen LogP) is 1.74. The van der Waals surface area contributed by atoms with Crippen LogP contribution in [0.4, 0.5) is 8.78 Å². The van der Waals surface area contributed by atoms with Crippen LogP contribution in [-0.2, 0) is 14.8 Å². The van der Waals surface area contributed by atoms with Crippen molar-refractivity contribution >= 4 is 15.9 Å². The van der Waals surface area contributed by atoms with Gasteiger partial charge in [-0.05, 0) is 31.0 Å². The highest BCUT2D eigenvalue weighted by molar-refractivity contribution is 7.89. The molecule has 1 heterocycles. The molecule has 0 radical (unpaired) electrons. The van der Waals surface area contributed by atoms with Gasteiger partial charge in [0.15, 0.2) is 11.6 Å². The Bertz CT molecular complexity index is 784. The first-order valence-corrected chi connectivity index (χ1v) is 9.28. The minimum absolute atomic E-state index is 0.111. The molecule has 0 unspecified atom stereocenters. The Labute approximate surface area is 145 Å². The summed E-state index contributed by atoms with van der Waals surface area (Å²) in [7, 11) is -2.31. The number of nitriles is 1. The molecular formula is C16H19F2N3O3S. The predicted molar refractivity (Wildman–Crippen MR) is 85.7 cm³/mol. The molecule has 0 saturated carbocycles. The number of carbonyl (C=O) groups excluding carboxylic acids is 1. The third-order valence-electron chi connectivity index (χ3n) is 4.27. The van der Waals surface area contributed by atoms with Crippen LogP contribution in [0, 0.1) is 28.9 Å². The Morgan fingerprint density at radius 1 is 1.32 bits per heavy atom. The van der Waals surface area contributed by atoms with Gasteiger partial charge >= 0.3 is 0 Å². The highest BCUT2D eigenvalue weighted by Gasteiger charge is 2.33. The number of carbonyl (C=O) groups is 1. The molecule has 1 aromatic rings. The third-order valence-corrected chi connectivity index (χ3v) is 6.16. The van der Waals surface area contributed by atoms with Gasteiger partial charge < -0.3 is 4.90 Å². The van der Waals surface area contributed by atoms with Crippen molar-refractivity contribution in [1.82, 2.24) is 9.21 Å². The van der Waals surface area contributed by atoms with Gasteiger partial charge in [-0.25, -0.2) is 17.2 Å². The van der Waals surface area contributed by atoms with Crippen molar-refractivity contribution < 1.29 is 22.0 Å². The number of piperidine rings is 1. The van der Waals surface area contributed by atoms with Crippen molar-refractivity contribution in [3.8, 4) is 6.07 Å². The summed E-state index contributed by atoms with van der Waals surface area (Å²) in [5, 5.41) is 8.56. The summed E-state index contributed by atoms with van der Waals surface area (Å²) < 4.78 is 52.5. The second kappa shape index (κ2) is 7.89. The summed E-state index contributed by atoms with van der Waals surface area (Å²) in [6.07, 6.45) is 0.933. The number of benzene rings is 1.